The zero-order valence-corrected chi connectivity index (χ0v) is 17.1. The smallest absolute Gasteiger partial charge is 0.253 e. The molecular weight excluding hydrogens is 336 g/mol. The van der Waals surface area contributed by atoms with Gasteiger partial charge in [0.2, 0.25) is 0 Å². The molecule has 0 spiro atoms. The molecule has 1 aromatic heterocycles. The number of likely N-dealkylation sites (N-methyl/N-ethyl adjacent to an activating group) is 1. The van der Waals surface area contributed by atoms with Crippen molar-refractivity contribution in [2.75, 3.05) is 33.7 Å². The number of piperidine rings is 1. The Morgan fingerprint density at radius 3 is 2.67 bits per heavy atom. The Bertz CT molecular complexity index is 748. The van der Waals surface area contributed by atoms with Crippen LogP contribution in [0.25, 0.3) is 0 Å². The highest BCUT2D eigenvalue weighted by atomic mass is 16.2. The van der Waals surface area contributed by atoms with Gasteiger partial charge in [-0.25, -0.2) is 4.98 Å². The molecule has 27 heavy (non-hydrogen) atoms. The Balaban J connectivity index is 1.69. The topological polar surface area (TPSA) is 41.4 Å². The van der Waals surface area contributed by atoms with Crippen molar-refractivity contribution in [2.45, 2.75) is 45.1 Å². The first-order chi connectivity index (χ1) is 13.0. The molecule has 2 heterocycles. The van der Waals surface area contributed by atoms with Crippen LogP contribution in [0.1, 0.15) is 60.3 Å². The van der Waals surface area contributed by atoms with E-state index in [0.717, 1.165) is 50.4 Å². The van der Waals surface area contributed by atoms with Gasteiger partial charge in [-0.05, 0) is 50.6 Å². The fourth-order valence-corrected chi connectivity index (χ4v) is 3.74. The lowest BCUT2D eigenvalue weighted by molar-refractivity contribution is 0.0703. The third-order valence-electron chi connectivity index (χ3n) is 5.43. The van der Waals surface area contributed by atoms with Crippen LogP contribution in [-0.2, 0) is 6.54 Å². The largest absolute Gasteiger partial charge is 0.338 e. The van der Waals surface area contributed by atoms with Crippen molar-refractivity contribution in [2.24, 2.45) is 0 Å². The first-order valence-corrected chi connectivity index (χ1v) is 10.0. The average Bonchev–Trinajstić information content (AvgIpc) is 3.14. The number of nitrogens with zero attached hydrogens (tertiary/aromatic N) is 4. The van der Waals surface area contributed by atoms with Crippen LogP contribution in [0.15, 0.2) is 36.7 Å². The normalized spacial score (nSPS) is 17.7. The van der Waals surface area contributed by atoms with E-state index in [2.05, 4.69) is 60.7 Å². The predicted molar refractivity (Wildman–Crippen MR) is 109 cm³/mol. The Morgan fingerprint density at radius 1 is 1.26 bits per heavy atom. The third-order valence-corrected chi connectivity index (χ3v) is 5.43. The second-order valence-electron chi connectivity index (χ2n) is 8.15. The molecule has 1 aliphatic heterocycles. The van der Waals surface area contributed by atoms with Gasteiger partial charge >= 0.3 is 0 Å². The van der Waals surface area contributed by atoms with Gasteiger partial charge in [-0.1, -0.05) is 26.0 Å². The Labute approximate surface area is 163 Å². The van der Waals surface area contributed by atoms with E-state index in [-0.39, 0.29) is 5.91 Å². The lowest BCUT2D eigenvalue weighted by atomic mass is 9.96. The van der Waals surface area contributed by atoms with E-state index < -0.39 is 0 Å². The van der Waals surface area contributed by atoms with Crippen LogP contribution < -0.4 is 0 Å². The number of hydrogen-bond donors (Lipinski definition) is 0. The quantitative estimate of drug-likeness (QED) is 0.782. The summed E-state index contributed by atoms with van der Waals surface area (Å²) in [6.45, 7) is 7.85. The highest BCUT2D eigenvalue weighted by Crippen LogP contribution is 2.27. The number of benzene rings is 1. The van der Waals surface area contributed by atoms with Gasteiger partial charge in [0.15, 0.2) is 0 Å². The number of hydrogen-bond acceptors (Lipinski definition) is 3. The molecule has 5 heteroatoms. The average molecular weight is 369 g/mol. The molecule has 146 valence electrons. The molecule has 1 atom stereocenters. The highest BCUT2D eigenvalue weighted by Gasteiger charge is 2.28. The first kappa shape index (κ1) is 19.6. The highest BCUT2D eigenvalue weighted by molar-refractivity contribution is 5.94. The number of imidazole rings is 1. The SMILES string of the molecule is CC(C)c1ccc(C(=O)N2CCC[C@H](c3nccn3CCN(C)C)C2)cc1. The molecule has 5 nitrogen and oxygen atoms in total. The van der Waals surface area contributed by atoms with E-state index in [0.29, 0.717) is 11.8 Å². The Kier molecular flexibility index (Phi) is 6.32. The van der Waals surface area contributed by atoms with E-state index in [9.17, 15) is 4.79 Å². The van der Waals surface area contributed by atoms with E-state index in [1.54, 1.807) is 0 Å². The van der Waals surface area contributed by atoms with Crippen molar-refractivity contribution >= 4 is 5.91 Å². The lowest BCUT2D eigenvalue weighted by Crippen LogP contribution is -2.40. The molecule has 0 radical (unpaired) electrons. The maximum atomic E-state index is 13.0. The molecule has 3 rings (SSSR count). The van der Waals surface area contributed by atoms with Crippen LogP contribution in [-0.4, -0.2) is 59.0 Å². The van der Waals surface area contributed by atoms with Crippen LogP contribution in [0.3, 0.4) is 0 Å². The number of rotatable bonds is 6. The second-order valence-corrected chi connectivity index (χ2v) is 8.15. The summed E-state index contributed by atoms with van der Waals surface area (Å²) in [6.07, 6.45) is 6.07. The van der Waals surface area contributed by atoms with Gasteiger partial charge in [0.25, 0.3) is 5.91 Å². The van der Waals surface area contributed by atoms with E-state index in [1.165, 1.54) is 5.56 Å². The molecule has 1 fully saturated rings. The van der Waals surface area contributed by atoms with E-state index in [1.807, 2.05) is 23.2 Å². The maximum Gasteiger partial charge on any atom is 0.253 e. The van der Waals surface area contributed by atoms with Crippen LogP contribution >= 0.6 is 0 Å². The molecule has 0 aliphatic carbocycles. The van der Waals surface area contributed by atoms with E-state index in [4.69, 9.17) is 0 Å². The van der Waals surface area contributed by atoms with Crippen LogP contribution in [0.2, 0.25) is 0 Å². The van der Waals surface area contributed by atoms with Gasteiger partial charge in [-0.15, -0.1) is 0 Å². The van der Waals surface area contributed by atoms with Gasteiger partial charge in [0.05, 0.1) is 0 Å². The molecule has 2 aromatic rings. The van der Waals surface area contributed by atoms with Gasteiger partial charge in [0.1, 0.15) is 5.82 Å². The summed E-state index contributed by atoms with van der Waals surface area (Å²) in [7, 11) is 4.17. The van der Waals surface area contributed by atoms with Gasteiger partial charge in [-0.3, -0.25) is 4.79 Å². The van der Waals surface area contributed by atoms with Crippen molar-refractivity contribution in [3.63, 3.8) is 0 Å². The van der Waals surface area contributed by atoms with Crippen molar-refractivity contribution in [3.8, 4) is 0 Å². The number of carbonyl (C=O) groups excluding carboxylic acids is 1. The standard InChI is InChI=1S/C22H32N4O/c1-17(2)18-7-9-19(10-8-18)22(27)26-12-5-6-20(16-26)21-23-11-13-25(21)15-14-24(3)4/h7-11,13,17,20H,5-6,12,14-16H2,1-4H3/t20-/m0/s1. The zero-order chi connectivity index (χ0) is 19.4. The fraction of sp³-hybridized carbons (Fsp3) is 0.545. The summed E-state index contributed by atoms with van der Waals surface area (Å²) >= 11 is 0. The predicted octanol–water partition coefficient (Wildman–Crippen LogP) is 3.59. The molecule has 1 amide bonds. The molecule has 1 aliphatic rings. The van der Waals surface area contributed by atoms with Gasteiger partial charge in [0, 0.05) is 50.1 Å². The number of aromatic nitrogens is 2. The molecular formula is C22H32N4O. The third kappa shape index (κ3) is 4.78. The number of carbonyl (C=O) groups is 1. The van der Waals surface area contributed by atoms with Crippen molar-refractivity contribution in [1.82, 2.24) is 19.4 Å². The maximum absolute atomic E-state index is 13.0. The summed E-state index contributed by atoms with van der Waals surface area (Å²) < 4.78 is 2.25. The molecule has 1 aromatic carbocycles. The zero-order valence-electron chi connectivity index (χ0n) is 17.1. The van der Waals surface area contributed by atoms with Gasteiger partial charge in [-0.2, -0.15) is 0 Å². The summed E-state index contributed by atoms with van der Waals surface area (Å²) in [6, 6.07) is 8.10. The molecule has 0 bridgehead atoms. The number of likely N-dealkylation sites (tertiary alicyclic amines) is 1. The van der Waals surface area contributed by atoms with Gasteiger partial charge < -0.3 is 14.4 Å². The minimum atomic E-state index is 0.140. The Morgan fingerprint density at radius 2 is 2.00 bits per heavy atom. The monoisotopic (exact) mass is 368 g/mol. The molecule has 0 N–H and O–H groups in total. The van der Waals surface area contributed by atoms with Crippen molar-refractivity contribution < 1.29 is 4.79 Å². The van der Waals surface area contributed by atoms with Crippen LogP contribution in [0.5, 0.6) is 0 Å². The summed E-state index contributed by atoms with van der Waals surface area (Å²) in [5.74, 6) is 2.05. The number of amides is 1. The second kappa shape index (κ2) is 8.70. The van der Waals surface area contributed by atoms with E-state index >= 15 is 0 Å². The van der Waals surface area contributed by atoms with Crippen molar-refractivity contribution in [3.05, 3.63) is 53.6 Å². The van der Waals surface area contributed by atoms with Crippen molar-refractivity contribution in [1.29, 1.82) is 0 Å². The minimum absolute atomic E-state index is 0.140. The fourth-order valence-electron chi connectivity index (χ4n) is 3.74. The lowest BCUT2D eigenvalue weighted by Gasteiger charge is -2.33. The molecule has 0 saturated carbocycles. The molecule has 1 saturated heterocycles. The minimum Gasteiger partial charge on any atom is -0.338 e. The molecule has 0 unspecified atom stereocenters. The summed E-state index contributed by atoms with van der Waals surface area (Å²) in [4.78, 5) is 21.8. The Hall–Kier alpha value is -2.14. The van der Waals surface area contributed by atoms with Crippen LogP contribution in [0, 0.1) is 0 Å². The first-order valence-electron chi connectivity index (χ1n) is 10.0. The summed E-state index contributed by atoms with van der Waals surface area (Å²) in [5.41, 5.74) is 2.06. The van der Waals surface area contributed by atoms with Crippen LogP contribution in [0.4, 0.5) is 0 Å². The summed E-state index contributed by atoms with van der Waals surface area (Å²) in [5, 5.41) is 0.